The maximum Gasteiger partial charge on any atom is 0.274 e. The van der Waals surface area contributed by atoms with Gasteiger partial charge in [0.1, 0.15) is 18.1 Å². The van der Waals surface area contributed by atoms with Crippen LogP contribution in [0.1, 0.15) is 29.4 Å². The first-order valence-electron chi connectivity index (χ1n) is 9.71. The summed E-state index contributed by atoms with van der Waals surface area (Å²) in [6.07, 6.45) is 7.02. The minimum Gasteiger partial charge on any atom is -0.479 e. The Hall–Kier alpha value is -3.16. The summed E-state index contributed by atoms with van der Waals surface area (Å²) < 4.78 is 34.0. The Morgan fingerprint density at radius 3 is 2.91 bits per heavy atom. The highest BCUT2D eigenvalue weighted by molar-refractivity contribution is 8.15. The molecule has 2 aromatic rings. The minimum atomic E-state index is -1.18. The van der Waals surface area contributed by atoms with E-state index in [0.29, 0.717) is 12.2 Å². The summed E-state index contributed by atoms with van der Waals surface area (Å²) in [4.78, 5) is 21.0. The molecule has 1 amide bonds. The van der Waals surface area contributed by atoms with Crippen molar-refractivity contribution in [1.82, 2.24) is 4.98 Å². The van der Waals surface area contributed by atoms with Gasteiger partial charge in [0.25, 0.3) is 5.91 Å². The lowest BCUT2D eigenvalue weighted by atomic mass is 9.85. The summed E-state index contributed by atoms with van der Waals surface area (Å²) in [5, 5.41) is 12.5. The molecule has 0 bridgehead atoms. The fourth-order valence-electron chi connectivity index (χ4n) is 4.05. The summed E-state index contributed by atoms with van der Waals surface area (Å²) in [6, 6.07) is 5.18. The first-order chi connectivity index (χ1) is 15.2. The van der Waals surface area contributed by atoms with E-state index in [0.717, 1.165) is 6.07 Å². The van der Waals surface area contributed by atoms with E-state index in [1.807, 2.05) is 0 Å². The van der Waals surface area contributed by atoms with E-state index >= 15 is 0 Å². The zero-order valence-corrected chi connectivity index (χ0v) is 17.9. The number of ether oxygens (including phenoxy) is 1. The standard InChI is InChI=1S/C22H20F2N4O3S/c1-3-6-31-13-4-5-16(26-10-13)19(30)27-12-7-14(18(24)15(23)8-12)21(2)17-9-22(17,11-29)32-20(25)28-21/h1,4-5,7-8,10,17,29H,6,9,11H2,2H3,(H2,25,28)(H,27,30)/t17-,21+,22+/m0/s1. The number of amidine groups is 1. The van der Waals surface area contributed by atoms with Crippen molar-refractivity contribution in [3.63, 3.8) is 0 Å². The number of aromatic nitrogens is 1. The average molecular weight is 458 g/mol. The predicted molar refractivity (Wildman–Crippen MR) is 117 cm³/mol. The largest absolute Gasteiger partial charge is 0.479 e. The number of aliphatic hydroxyl groups excluding tert-OH is 1. The number of benzene rings is 1. The summed E-state index contributed by atoms with van der Waals surface area (Å²) in [5.74, 6) is -0.333. The van der Waals surface area contributed by atoms with Crippen molar-refractivity contribution < 1.29 is 23.4 Å². The smallest absolute Gasteiger partial charge is 0.274 e. The van der Waals surface area contributed by atoms with Crippen molar-refractivity contribution in [2.24, 2.45) is 16.6 Å². The lowest BCUT2D eigenvalue weighted by molar-refractivity contribution is 0.102. The molecule has 10 heteroatoms. The monoisotopic (exact) mass is 458 g/mol. The topological polar surface area (TPSA) is 110 Å². The van der Waals surface area contributed by atoms with Gasteiger partial charge in [-0.3, -0.25) is 9.79 Å². The summed E-state index contributed by atoms with van der Waals surface area (Å²) in [7, 11) is 0. The maximum absolute atomic E-state index is 14.9. The number of hydrogen-bond donors (Lipinski definition) is 3. The molecule has 2 heterocycles. The van der Waals surface area contributed by atoms with Gasteiger partial charge >= 0.3 is 0 Å². The van der Waals surface area contributed by atoms with E-state index in [4.69, 9.17) is 16.9 Å². The van der Waals surface area contributed by atoms with Crippen molar-refractivity contribution in [3.8, 4) is 18.1 Å². The second-order valence-corrected chi connectivity index (χ2v) is 9.26. The average Bonchev–Trinajstić information content (AvgIpc) is 3.50. The van der Waals surface area contributed by atoms with E-state index in [1.165, 1.54) is 36.2 Å². The Bertz CT molecular complexity index is 1150. The van der Waals surface area contributed by atoms with Gasteiger partial charge in [-0.15, -0.1) is 6.42 Å². The molecule has 1 aliphatic heterocycles. The molecular weight excluding hydrogens is 438 g/mol. The second kappa shape index (κ2) is 8.07. The quantitative estimate of drug-likeness (QED) is 0.574. The first kappa shape index (κ1) is 22.0. The Kier molecular flexibility index (Phi) is 5.56. The van der Waals surface area contributed by atoms with Crippen molar-refractivity contribution in [2.75, 3.05) is 18.5 Å². The van der Waals surface area contributed by atoms with Crippen LogP contribution in [0.3, 0.4) is 0 Å². The maximum atomic E-state index is 14.9. The Morgan fingerprint density at radius 2 is 2.25 bits per heavy atom. The number of amides is 1. The molecule has 3 atom stereocenters. The van der Waals surface area contributed by atoms with Crippen LogP contribution in [0.2, 0.25) is 0 Å². The predicted octanol–water partition coefficient (Wildman–Crippen LogP) is 2.65. The van der Waals surface area contributed by atoms with Crippen LogP contribution in [0, 0.1) is 29.9 Å². The van der Waals surface area contributed by atoms with Gasteiger partial charge < -0.3 is 20.9 Å². The number of aliphatic imine (C=N–C) groups is 1. The zero-order valence-electron chi connectivity index (χ0n) is 17.1. The molecule has 1 fully saturated rings. The molecule has 0 saturated heterocycles. The number of thioether (sulfide) groups is 1. The molecule has 1 aromatic heterocycles. The van der Waals surface area contributed by atoms with Gasteiger partial charge in [0.15, 0.2) is 16.8 Å². The van der Waals surface area contributed by atoms with E-state index in [2.05, 4.69) is 21.2 Å². The number of carbonyl (C=O) groups excluding carboxylic acids is 1. The van der Waals surface area contributed by atoms with Crippen LogP contribution in [0.25, 0.3) is 0 Å². The highest BCUT2D eigenvalue weighted by Crippen LogP contribution is 2.65. The Labute approximate surface area is 187 Å². The van der Waals surface area contributed by atoms with Crippen molar-refractivity contribution in [2.45, 2.75) is 23.6 Å². The number of fused-ring (bicyclic) bond motifs is 1. The molecule has 4 rings (SSSR count). The van der Waals surface area contributed by atoms with Gasteiger partial charge in [-0.1, -0.05) is 17.7 Å². The third kappa shape index (κ3) is 3.78. The molecule has 1 aromatic carbocycles. The highest BCUT2D eigenvalue weighted by Gasteiger charge is 2.66. The third-order valence-electron chi connectivity index (χ3n) is 5.74. The van der Waals surface area contributed by atoms with Crippen LogP contribution in [-0.4, -0.2) is 39.1 Å². The molecule has 1 saturated carbocycles. The number of hydrogen-bond acceptors (Lipinski definition) is 7. The van der Waals surface area contributed by atoms with E-state index < -0.39 is 27.8 Å². The molecular formula is C22H20F2N4O3S. The number of nitrogens with two attached hydrogens (primary N) is 1. The van der Waals surface area contributed by atoms with Gasteiger partial charge in [-0.25, -0.2) is 13.8 Å². The number of anilines is 1. The van der Waals surface area contributed by atoms with Gasteiger partial charge in [0.2, 0.25) is 0 Å². The number of aliphatic hydroxyl groups is 1. The van der Waals surface area contributed by atoms with Gasteiger partial charge in [0.05, 0.1) is 23.1 Å². The molecule has 1 aliphatic carbocycles. The van der Waals surface area contributed by atoms with Crippen LogP contribution in [0.5, 0.6) is 5.75 Å². The van der Waals surface area contributed by atoms with Crippen LogP contribution < -0.4 is 15.8 Å². The summed E-state index contributed by atoms with van der Waals surface area (Å²) in [6.45, 7) is 1.57. The number of rotatable bonds is 6. The zero-order chi connectivity index (χ0) is 23.1. The van der Waals surface area contributed by atoms with Gasteiger partial charge in [0, 0.05) is 23.2 Å². The lowest BCUT2D eigenvalue weighted by Gasteiger charge is -2.34. The highest BCUT2D eigenvalue weighted by atomic mass is 32.2. The number of pyridine rings is 1. The molecule has 7 nitrogen and oxygen atoms in total. The Morgan fingerprint density at radius 1 is 1.47 bits per heavy atom. The van der Waals surface area contributed by atoms with Crippen LogP contribution in [-0.2, 0) is 5.54 Å². The second-order valence-electron chi connectivity index (χ2n) is 7.82. The van der Waals surface area contributed by atoms with Crippen LogP contribution >= 0.6 is 11.8 Å². The number of halogens is 2. The van der Waals surface area contributed by atoms with E-state index in [9.17, 15) is 18.7 Å². The van der Waals surface area contributed by atoms with Crippen molar-refractivity contribution >= 4 is 28.5 Å². The number of nitrogens with zero attached hydrogens (tertiary/aromatic N) is 2. The van der Waals surface area contributed by atoms with Crippen LogP contribution in [0.4, 0.5) is 14.5 Å². The number of carbonyl (C=O) groups is 1. The number of terminal acetylenes is 1. The normalized spacial score (nSPS) is 25.8. The lowest BCUT2D eigenvalue weighted by Crippen LogP contribution is -2.37. The molecule has 166 valence electrons. The van der Waals surface area contributed by atoms with Crippen molar-refractivity contribution in [3.05, 3.63) is 53.4 Å². The minimum absolute atomic E-state index is 0.0395. The molecule has 2 aliphatic rings. The molecule has 0 radical (unpaired) electrons. The molecule has 4 N–H and O–H groups in total. The SMILES string of the molecule is C#CCOc1ccc(C(=O)Nc2cc(F)c(F)c([C@@]3(C)N=C(N)S[C@@]4(CO)C[C@H]43)c2)nc1. The van der Waals surface area contributed by atoms with Gasteiger partial charge in [-0.05, 0) is 31.5 Å². The van der Waals surface area contributed by atoms with Crippen molar-refractivity contribution in [1.29, 1.82) is 0 Å². The molecule has 0 unspecified atom stereocenters. The number of nitrogens with one attached hydrogen (secondary N) is 1. The fourth-order valence-corrected chi connectivity index (χ4v) is 5.39. The summed E-state index contributed by atoms with van der Waals surface area (Å²) in [5.41, 5.74) is 4.81. The first-order valence-corrected chi connectivity index (χ1v) is 10.5. The Balaban J connectivity index is 1.62. The molecule has 32 heavy (non-hydrogen) atoms. The van der Waals surface area contributed by atoms with E-state index in [1.54, 1.807) is 6.92 Å². The van der Waals surface area contributed by atoms with Gasteiger partial charge in [-0.2, -0.15) is 0 Å². The summed E-state index contributed by atoms with van der Waals surface area (Å²) >= 11 is 1.25. The molecule has 0 spiro atoms. The van der Waals surface area contributed by atoms with Crippen LogP contribution in [0.15, 0.2) is 35.5 Å². The van der Waals surface area contributed by atoms with E-state index in [-0.39, 0.29) is 41.2 Å². The fraction of sp³-hybridized carbons (Fsp3) is 0.318. The third-order valence-corrected chi connectivity index (χ3v) is 7.03.